The summed E-state index contributed by atoms with van der Waals surface area (Å²) in [5, 5.41) is 10.7. The molecule has 1 saturated heterocycles. The van der Waals surface area contributed by atoms with Crippen LogP contribution >= 0.6 is 0 Å². The Bertz CT molecular complexity index is 570. The molecule has 0 atom stereocenters. The van der Waals surface area contributed by atoms with Gasteiger partial charge in [0.25, 0.3) is 5.69 Å². The molecule has 0 aliphatic carbocycles. The highest BCUT2D eigenvalue weighted by molar-refractivity contribution is 5.41. The number of hydrogen-bond acceptors (Lipinski definition) is 4. The number of non-ortho nitro benzene ring substituents is 1. The third-order valence-electron chi connectivity index (χ3n) is 4.30. The minimum Gasteiger partial charge on any atom is -0.301 e. The molecule has 0 amide bonds. The van der Waals surface area contributed by atoms with Crippen LogP contribution in [-0.2, 0) is 12.7 Å². The summed E-state index contributed by atoms with van der Waals surface area (Å²) in [4.78, 5) is 14.2. The topological polar surface area (TPSA) is 49.6 Å². The van der Waals surface area contributed by atoms with Crippen molar-refractivity contribution in [3.05, 3.63) is 39.4 Å². The van der Waals surface area contributed by atoms with Gasteiger partial charge in [-0.3, -0.25) is 15.0 Å². The molecule has 0 N–H and O–H groups in total. The van der Waals surface area contributed by atoms with Crippen LogP contribution in [-0.4, -0.2) is 47.4 Å². The molecule has 0 unspecified atom stereocenters. The van der Waals surface area contributed by atoms with Crippen molar-refractivity contribution in [2.75, 3.05) is 32.7 Å². The van der Waals surface area contributed by atoms with Crippen LogP contribution in [0.2, 0.25) is 0 Å². The second-order valence-corrected chi connectivity index (χ2v) is 6.07. The average Bonchev–Trinajstić information content (AvgIpc) is 2.53. The Balaban J connectivity index is 2.06. The summed E-state index contributed by atoms with van der Waals surface area (Å²) in [6.07, 6.45) is -2.34. The summed E-state index contributed by atoms with van der Waals surface area (Å²) in [6.45, 7) is 6.41. The van der Waals surface area contributed by atoms with Crippen LogP contribution in [0, 0.1) is 10.1 Å². The second-order valence-electron chi connectivity index (χ2n) is 6.07. The highest BCUT2D eigenvalue weighted by Crippen LogP contribution is 2.35. The minimum absolute atomic E-state index is 0.0927. The molecule has 134 valence electrons. The largest absolute Gasteiger partial charge is 0.416 e. The van der Waals surface area contributed by atoms with Crippen LogP contribution in [0.1, 0.15) is 30.9 Å². The first kappa shape index (κ1) is 18.7. The van der Waals surface area contributed by atoms with Crippen LogP contribution in [0.25, 0.3) is 0 Å². The standard InChI is InChI=1S/C16H22F3N3O2/c1-2-3-6-20-7-9-21(10-8-20)12-13-4-5-14(22(23)24)11-15(13)16(17,18)19/h4-5,11H,2-3,6-10,12H2,1H3. The molecule has 0 bridgehead atoms. The summed E-state index contributed by atoms with van der Waals surface area (Å²) >= 11 is 0. The predicted molar refractivity (Wildman–Crippen MR) is 84.7 cm³/mol. The van der Waals surface area contributed by atoms with Gasteiger partial charge in [-0.25, -0.2) is 0 Å². The molecule has 1 aliphatic rings. The van der Waals surface area contributed by atoms with Crippen molar-refractivity contribution in [3.8, 4) is 0 Å². The summed E-state index contributed by atoms with van der Waals surface area (Å²) in [5.74, 6) is 0. The van der Waals surface area contributed by atoms with Gasteiger partial charge in [0.2, 0.25) is 0 Å². The van der Waals surface area contributed by atoms with Gasteiger partial charge in [0.05, 0.1) is 10.5 Å². The number of unbranched alkanes of at least 4 members (excludes halogenated alkanes) is 1. The van der Waals surface area contributed by atoms with Gasteiger partial charge in [-0.15, -0.1) is 0 Å². The van der Waals surface area contributed by atoms with E-state index in [9.17, 15) is 23.3 Å². The number of nitro groups is 1. The maximum absolute atomic E-state index is 13.2. The number of piperazine rings is 1. The van der Waals surface area contributed by atoms with Crippen molar-refractivity contribution < 1.29 is 18.1 Å². The minimum atomic E-state index is -4.59. The first-order valence-corrected chi connectivity index (χ1v) is 8.10. The van der Waals surface area contributed by atoms with Crippen molar-refractivity contribution in [2.45, 2.75) is 32.5 Å². The number of benzene rings is 1. The second kappa shape index (κ2) is 7.94. The van der Waals surface area contributed by atoms with Gasteiger partial charge in [-0.2, -0.15) is 13.2 Å². The SMILES string of the molecule is CCCCN1CCN(Cc2ccc([N+](=O)[O-])cc2C(F)(F)F)CC1. The molecule has 1 heterocycles. The highest BCUT2D eigenvalue weighted by Gasteiger charge is 2.35. The van der Waals surface area contributed by atoms with E-state index in [2.05, 4.69) is 11.8 Å². The zero-order valence-electron chi connectivity index (χ0n) is 13.7. The van der Waals surface area contributed by atoms with Crippen molar-refractivity contribution in [2.24, 2.45) is 0 Å². The lowest BCUT2D eigenvalue weighted by molar-refractivity contribution is -0.385. The van der Waals surface area contributed by atoms with Gasteiger partial charge in [-0.1, -0.05) is 19.4 Å². The van der Waals surface area contributed by atoms with Crippen LogP contribution in [0.3, 0.4) is 0 Å². The fraction of sp³-hybridized carbons (Fsp3) is 0.625. The summed E-state index contributed by atoms with van der Waals surface area (Å²) in [7, 11) is 0. The molecular weight excluding hydrogens is 323 g/mol. The Hall–Kier alpha value is -1.67. The number of halogens is 3. The van der Waals surface area contributed by atoms with Crippen molar-refractivity contribution in [1.29, 1.82) is 0 Å². The van der Waals surface area contributed by atoms with E-state index >= 15 is 0 Å². The lowest BCUT2D eigenvalue weighted by Crippen LogP contribution is -2.46. The van der Waals surface area contributed by atoms with Crippen molar-refractivity contribution in [3.63, 3.8) is 0 Å². The van der Waals surface area contributed by atoms with E-state index in [1.807, 2.05) is 4.90 Å². The summed E-state index contributed by atoms with van der Waals surface area (Å²) in [6, 6.07) is 3.00. The maximum Gasteiger partial charge on any atom is 0.416 e. The third kappa shape index (κ3) is 4.91. The zero-order valence-corrected chi connectivity index (χ0v) is 13.7. The molecule has 1 fully saturated rings. The summed E-state index contributed by atoms with van der Waals surface area (Å²) < 4.78 is 39.6. The van der Waals surface area contributed by atoms with E-state index in [0.29, 0.717) is 19.2 Å². The molecule has 8 heteroatoms. The van der Waals surface area contributed by atoms with Crippen LogP contribution < -0.4 is 0 Å². The molecule has 0 spiro atoms. The van der Waals surface area contributed by atoms with Gasteiger partial charge in [0.1, 0.15) is 0 Å². The summed E-state index contributed by atoms with van der Waals surface area (Å²) in [5.41, 5.74) is -1.35. The Labute approximate surface area is 139 Å². The zero-order chi connectivity index (χ0) is 17.7. The molecule has 0 radical (unpaired) electrons. The smallest absolute Gasteiger partial charge is 0.301 e. The first-order chi connectivity index (χ1) is 11.3. The Morgan fingerprint density at radius 1 is 1.17 bits per heavy atom. The molecule has 0 aromatic heterocycles. The van der Waals surface area contributed by atoms with E-state index in [1.165, 1.54) is 6.07 Å². The predicted octanol–water partition coefficient (Wildman–Crippen LogP) is 3.53. The van der Waals surface area contributed by atoms with Crippen molar-refractivity contribution in [1.82, 2.24) is 9.80 Å². The normalized spacial score (nSPS) is 17.2. The van der Waals surface area contributed by atoms with Crippen LogP contribution in [0.4, 0.5) is 18.9 Å². The lowest BCUT2D eigenvalue weighted by Gasteiger charge is -2.35. The maximum atomic E-state index is 13.2. The molecule has 1 aromatic rings. The fourth-order valence-corrected chi connectivity index (χ4v) is 2.87. The number of hydrogen-bond donors (Lipinski definition) is 0. The first-order valence-electron chi connectivity index (χ1n) is 8.10. The number of rotatable bonds is 6. The third-order valence-corrected chi connectivity index (χ3v) is 4.30. The molecule has 24 heavy (non-hydrogen) atoms. The van der Waals surface area contributed by atoms with Crippen LogP contribution in [0.15, 0.2) is 18.2 Å². The number of nitro benzene ring substituents is 1. The Kier molecular flexibility index (Phi) is 6.17. The monoisotopic (exact) mass is 345 g/mol. The fourth-order valence-electron chi connectivity index (χ4n) is 2.87. The van der Waals surface area contributed by atoms with Crippen molar-refractivity contribution >= 4 is 5.69 Å². The van der Waals surface area contributed by atoms with Gasteiger partial charge >= 0.3 is 6.18 Å². The van der Waals surface area contributed by atoms with Crippen LogP contribution in [0.5, 0.6) is 0 Å². The molecule has 2 rings (SSSR count). The quantitative estimate of drug-likeness (QED) is 0.585. The van der Waals surface area contributed by atoms with E-state index in [0.717, 1.165) is 38.5 Å². The molecule has 1 aliphatic heterocycles. The van der Waals surface area contributed by atoms with Gasteiger partial charge in [0, 0.05) is 44.9 Å². The molecule has 1 aromatic carbocycles. The molecule has 5 nitrogen and oxygen atoms in total. The van der Waals surface area contributed by atoms with E-state index in [4.69, 9.17) is 0 Å². The van der Waals surface area contributed by atoms with E-state index < -0.39 is 22.4 Å². The van der Waals surface area contributed by atoms with E-state index in [-0.39, 0.29) is 12.1 Å². The Morgan fingerprint density at radius 2 is 1.79 bits per heavy atom. The lowest BCUT2D eigenvalue weighted by atomic mass is 10.0. The highest BCUT2D eigenvalue weighted by atomic mass is 19.4. The molecular formula is C16H22F3N3O2. The Morgan fingerprint density at radius 3 is 2.33 bits per heavy atom. The number of nitrogens with zero attached hydrogens (tertiary/aromatic N) is 3. The van der Waals surface area contributed by atoms with E-state index in [1.54, 1.807) is 0 Å². The average molecular weight is 345 g/mol. The van der Waals surface area contributed by atoms with Gasteiger partial charge in [0.15, 0.2) is 0 Å². The number of alkyl halides is 3. The molecule has 0 saturated carbocycles. The van der Waals surface area contributed by atoms with Gasteiger partial charge in [-0.05, 0) is 18.5 Å². The van der Waals surface area contributed by atoms with Gasteiger partial charge < -0.3 is 4.90 Å².